The van der Waals surface area contributed by atoms with Gasteiger partial charge in [0, 0.05) is 6.20 Å². The molecule has 1 aromatic carbocycles. The van der Waals surface area contributed by atoms with Gasteiger partial charge in [0.1, 0.15) is 0 Å². The van der Waals surface area contributed by atoms with Crippen LogP contribution in [0.15, 0.2) is 24.4 Å². The highest BCUT2D eigenvalue weighted by Crippen LogP contribution is 2.10. The third-order valence-electron chi connectivity index (χ3n) is 1.82. The fourth-order valence-corrected chi connectivity index (χ4v) is 1.21. The third kappa shape index (κ3) is 1.16. The average Bonchev–Trinajstić information content (AvgIpc) is 2.03. The minimum atomic E-state index is 0.964. The Hall–Kier alpha value is -1.44. The minimum absolute atomic E-state index is 0.964. The molecule has 0 fully saturated rings. The summed E-state index contributed by atoms with van der Waals surface area (Å²) < 4.78 is 0. The Kier molecular flexibility index (Phi) is 1.54. The average molecular weight is 158 g/mol. The van der Waals surface area contributed by atoms with Crippen molar-refractivity contribution in [1.29, 1.82) is 0 Å². The summed E-state index contributed by atoms with van der Waals surface area (Å²) in [5.41, 5.74) is 4.14. The monoisotopic (exact) mass is 158 g/mol. The Morgan fingerprint density at radius 3 is 2.75 bits per heavy atom. The standard InChI is InChI=1S/C10H10N2/c1-7-3-4-9-10(5-7)12-8(2)6-11-9/h3-6H,1-2H3. The fourth-order valence-electron chi connectivity index (χ4n) is 1.21. The first kappa shape index (κ1) is 7.22. The minimum Gasteiger partial charge on any atom is -0.253 e. The molecule has 0 aliphatic rings. The highest BCUT2D eigenvalue weighted by Gasteiger charge is 1.95. The summed E-state index contributed by atoms with van der Waals surface area (Å²) in [7, 11) is 0. The van der Waals surface area contributed by atoms with Gasteiger partial charge >= 0.3 is 0 Å². The van der Waals surface area contributed by atoms with Gasteiger partial charge in [-0.15, -0.1) is 0 Å². The molecule has 12 heavy (non-hydrogen) atoms. The van der Waals surface area contributed by atoms with Gasteiger partial charge in [-0.1, -0.05) is 6.07 Å². The number of hydrogen-bond acceptors (Lipinski definition) is 2. The zero-order chi connectivity index (χ0) is 8.55. The van der Waals surface area contributed by atoms with Crippen molar-refractivity contribution in [2.45, 2.75) is 13.8 Å². The van der Waals surface area contributed by atoms with Crippen LogP contribution in [-0.4, -0.2) is 9.97 Å². The number of rotatable bonds is 0. The maximum atomic E-state index is 4.37. The largest absolute Gasteiger partial charge is 0.253 e. The van der Waals surface area contributed by atoms with Crippen molar-refractivity contribution in [3.05, 3.63) is 35.7 Å². The van der Waals surface area contributed by atoms with Crippen molar-refractivity contribution in [2.75, 3.05) is 0 Å². The molecule has 0 unspecified atom stereocenters. The molecule has 0 spiro atoms. The molecule has 2 nitrogen and oxygen atoms in total. The second kappa shape index (κ2) is 2.55. The Morgan fingerprint density at radius 2 is 1.92 bits per heavy atom. The number of aryl methyl sites for hydroxylation is 2. The predicted octanol–water partition coefficient (Wildman–Crippen LogP) is 2.25. The van der Waals surface area contributed by atoms with Crippen LogP contribution in [0.4, 0.5) is 0 Å². The molecule has 0 atom stereocenters. The number of nitrogens with zero attached hydrogens (tertiary/aromatic N) is 2. The lowest BCUT2D eigenvalue weighted by Crippen LogP contribution is -1.86. The zero-order valence-corrected chi connectivity index (χ0v) is 7.20. The van der Waals surface area contributed by atoms with Gasteiger partial charge in [-0.3, -0.25) is 4.98 Å². The topological polar surface area (TPSA) is 25.8 Å². The number of aromatic nitrogens is 2. The van der Waals surface area contributed by atoms with E-state index in [4.69, 9.17) is 0 Å². The smallest absolute Gasteiger partial charge is 0.0892 e. The molecule has 0 saturated carbocycles. The van der Waals surface area contributed by atoms with Crippen LogP contribution < -0.4 is 0 Å². The quantitative estimate of drug-likeness (QED) is 0.587. The third-order valence-corrected chi connectivity index (χ3v) is 1.82. The van der Waals surface area contributed by atoms with Crippen LogP contribution in [-0.2, 0) is 0 Å². The van der Waals surface area contributed by atoms with Gasteiger partial charge in [0.05, 0.1) is 16.7 Å². The van der Waals surface area contributed by atoms with E-state index in [0.29, 0.717) is 0 Å². The first-order valence-corrected chi connectivity index (χ1v) is 3.96. The van der Waals surface area contributed by atoms with Crippen LogP contribution in [0, 0.1) is 13.8 Å². The van der Waals surface area contributed by atoms with Crippen molar-refractivity contribution < 1.29 is 0 Å². The lowest BCUT2D eigenvalue weighted by molar-refractivity contribution is 1.18. The van der Waals surface area contributed by atoms with E-state index in [-0.39, 0.29) is 0 Å². The number of hydrogen-bond donors (Lipinski definition) is 0. The highest BCUT2D eigenvalue weighted by atomic mass is 14.8. The second-order valence-electron chi connectivity index (χ2n) is 3.00. The molecule has 1 heterocycles. The number of benzene rings is 1. The van der Waals surface area contributed by atoms with E-state index in [2.05, 4.69) is 23.0 Å². The zero-order valence-electron chi connectivity index (χ0n) is 7.20. The van der Waals surface area contributed by atoms with Crippen LogP contribution in [0.5, 0.6) is 0 Å². The molecule has 2 rings (SSSR count). The molecule has 60 valence electrons. The van der Waals surface area contributed by atoms with E-state index >= 15 is 0 Å². The lowest BCUT2D eigenvalue weighted by Gasteiger charge is -1.98. The molecule has 0 N–H and O–H groups in total. The van der Waals surface area contributed by atoms with Crippen molar-refractivity contribution in [3.8, 4) is 0 Å². The van der Waals surface area contributed by atoms with Crippen molar-refractivity contribution in [2.24, 2.45) is 0 Å². The van der Waals surface area contributed by atoms with Crippen LogP contribution >= 0.6 is 0 Å². The molecule has 2 heteroatoms. The van der Waals surface area contributed by atoms with Crippen LogP contribution in [0.2, 0.25) is 0 Å². The Bertz CT molecular complexity index is 384. The SMILES string of the molecule is Cc1ccc2ncc(C)nc2c1. The molecule has 1 aromatic heterocycles. The number of fused-ring (bicyclic) bond motifs is 1. The van der Waals surface area contributed by atoms with Crippen LogP contribution in [0.25, 0.3) is 11.0 Å². The molecule has 0 aliphatic heterocycles. The Balaban J connectivity index is 2.80. The first-order valence-electron chi connectivity index (χ1n) is 3.96. The van der Waals surface area contributed by atoms with Gasteiger partial charge in [-0.25, -0.2) is 4.98 Å². The van der Waals surface area contributed by atoms with Crippen molar-refractivity contribution in [3.63, 3.8) is 0 Å². The van der Waals surface area contributed by atoms with E-state index in [0.717, 1.165) is 16.7 Å². The summed E-state index contributed by atoms with van der Waals surface area (Å²) in [6, 6.07) is 6.10. The van der Waals surface area contributed by atoms with E-state index in [1.165, 1.54) is 5.56 Å². The normalized spacial score (nSPS) is 10.5. The summed E-state index contributed by atoms with van der Waals surface area (Å²) in [5, 5.41) is 0. The van der Waals surface area contributed by atoms with Gasteiger partial charge in [0.25, 0.3) is 0 Å². The summed E-state index contributed by atoms with van der Waals surface area (Å²) in [6.45, 7) is 4.01. The highest BCUT2D eigenvalue weighted by molar-refractivity contribution is 5.74. The van der Waals surface area contributed by atoms with Gasteiger partial charge in [0.2, 0.25) is 0 Å². The summed E-state index contributed by atoms with van der Waals surface area (Å²) >= 11 is 0. The Labute approximate surface area is 71.3 Å². The Morgan fingerprint density at radius 1 is 1.08 bits per heavy atom. The summed E-state index contributed by atoms with van der Waals surface area (Å²) in [4.78, 5) is 8.63. The van der Waals surface area contributed by atoms with E-state index in [9.17, 15) is 0 Å². The second-order valence-corrected chi connectivity index (χ2v) is 3.00. The van der Waals surface area contributed by atoms with Gasteiger partial charge in [0.15, 0.2) is 0 Å². The first-order chi connectivity index (χ1) is 5.75. The van der Waals surface area contributed by atoms with Crippen molar-refractivity contribution >= 4 is 11.0 Å². The van der Waals surface area contributed by atoms with Crippen LogP contribution in [0.3, 0.4) is 0 Å². The van der Waals surface area contributed by atoms with E-state index in [1.807, 2.05) is 19.1 Å². The molecule has 0 amide bonds. The molecular formula is C10H10N2. The van der Waals surface area contributed by atoms with E-state index in [1.54, 1.807) is 6.20 Å². The summed E-state index contributed by atoms with van der Waals surface area (Å²) in [5.74, 6) is 0. The van der Waals surface area contributed by atoms with E-state index < -0.39 is 0 Å². The molecule has 2 aromatic rings. The fraction of sp³-hybridized carbons (Fsp3) is 0.200. The molecule has 0 aliphatic carbocycles. The lowest BCUT2D eigenvalue weighted by atomic mass is 10.2. The van der Waals surface area contributed by atoms with Gasteiger partial charge in [-0.05, 0) is 31.5 Å². The molecule has 0 bridgehead atoms. The summed E-state index contributed by atoms with van der Waals surface area (Å²) in [6.07, 6.45) is 1.79. The molecular weight excluding hydrogens is 148 g/mol. The maximum absolute atomic E-state index is 4.37. The van der Waals surface area contributed by atoms with Gasteiger partial charge in [-0.2, -0.15) is 0 Å². The molecule has 0 saturated heterocycles. The van der Waals surface area contributed by atoms with Gasteiger partial charge < -0.3 is 0 Å². The molecule has 0 radical (unpaired) electrons. The predicted molar refractivity (Wildman–Crippen MR) is 49.0 cm³/mol. The van der Waals surface area contributed by atoms with Crippen molar-refractivity contribution in [1.82, 2.24) is 9.97 Å². The van der Waals surface area contributed by atoms with Crippen LogP contribution in [0.1, 0.15) is 11.3 Å². The maximum Gasteiger partial charge on any atom is 0.0892 e.